The molecule has 0 bridgehead atoms. The lowest BCUT2D eigenvalue weighted by atomic mass is 10.1. The molecule has 0 aliphatic carbocycles. The van der Waals surface area contributed by atoms with Crippen molar-refractivity contribution in [1.82, 2.24) is 0 Å². The van der Waals surface area contributed by atoms with Gasteiger partial charge in [-0.3, -0.25) is 0 Å². The Hall–Kier alpha value is -1.46. The molecule has 2 aromatic carbocycles. The van der Waals surface area contributed by atoms with Crippen molar-refractivity contribution >= 4 is 18.9 Å². The predicted molar refractivity (Wildman–Crippen MR) is 120 cm³/mol. The van der Waals surface area contributed by atoms with Crippen molar-refractivity contribution in [1.29, 1.82) is 0 Å². The normalized spacial score (nSPS) is 12.8. The third-order valence-electron chi connectivity index (χ3n) is 5.09. The highest BCUT2D eigenvalue weighted by Gasteiger charge is 2.42. The number of benzene rings is 2. The van der Waals surface area contributed by atoms with Gasteiger partial charge in [-0.2, -0.15) is 0 Å². The molecule has 0 radical (unpaired) electrons. The molecule has 28 heavy (non-hydrogen) atoms. The van der Waals surface area contributed by atoms with E-state index in [2.05, 4.69) is 74.5 Å². The summed E-state index contributed by atoms with van der Waals surface area (Å²) >= 11 is 0. The van der Waals surface area contributed by atoms with E-state index in [1.807, 2.05) is 0 Å². The van der Waals surface area contributed by atoms with E-state index in [1.165, 1.54) is 23.2 Å². The van der Waals surface area contributed by atoms with E-state index in [1.54, 1.807) is 7.11 Å². The predicted octanol–water partition coefficient (Wildman–Crippen LogP) is 4.53. The van der Waals surface area contributed by atoms with Gasteiger partial charge in [0.1, 0.15) is 0 Å². The summed E-state index contributed by atoms with van der Waals surface area (Å²) in [5, 5.41) is 2.37. The molecule has 0 heterocycles. The van der Waals surface area contributed by atoms with Crippen LogP contribution in [-0.2, 0) is 13.6 Å². The molecule has 2 aromatic rings. The Bertz CT molecular complexity index is 593. The maximum Gasteiger partial charge on any atom is 0.407 e. The van der Waals surface area contributed by atoms with Crippen LogP contribution in [0.3, 0.4) is 0 Å². The van der Waals surface area contributed by atoms with Gasteiger partial charge in [-0.15, -0.1) is 0 Å². The Morgan fingerprint density at radius 1 is 0.750 bits per heavy atom. The molecule has 0 saturated heterocycles. The second kappa shape index (κ2) is 12.9. The summed E-state index contributed by atoms with van der Waals surface area (Å²) in [4.78, 5) is 0. The number of unbranched alkanes of at least 4 members (excludes halogenated alkanes) is 2. The largest absolute Gasteiger partial charge is 0.407 e. The minimum atomic E-state index is -2.73. The molecular weight excluding hydrogens is 364 g/mol. The summed E-state index contributed by atoms with van der Waals surface area (Å²) < 4.78 is 18.6. The molecule has 4 heteroatoms. The van der Waals surface area contributed by atoms with Crippen LogP contribution in [0.2, 0.25) is 0 Å². The smallest absolute Gasteiger partial charge is 0.388 e. The van der Waals surface area contributed by atoms with Crippen LogP contribution >= 0.6 is 0 Å². The lowest BCUT2D eigenvalue weighted by molar-refractivity contribution is 0.157. The Kier molecular flexibility index (Phi) is 10.5. The first-order valence-electron chi connectivity index (χ1n) is 10.6. The molecule has 0 fully saturated rings. The summed E-state index contributed by atoms with van der Waals surface area (Å²) in [6.07, 6.45) is 5.51. The molecule has 0 aliphatic heterocycles. The molecule has 1 atom stereocenters. The summed E-state index contributed by atoms with van der Waals surface area (Å²) in [5.74, 6) is 0.568. The second-order valence-electron chi connectivity index (χ2n) is 7.43. The van der Waals surface area contributed by atoms with Crippen molar-refractivity contribution < 1.29 is 13.6 Å². The van der Waals surface area contributed by atoms with Crippen molar-refractivity contribution in [2.75, 3.05) is 26.9 Å². The monoisotopic (exact) mass is 400 g/mol. The van der Waals surface area contributed by atoms with Gasteiger partial charge in [0, 0.05) is 26.9 Å². The van der Waals surface area contributed by atoms with E-state index in [4.69, 9.17) is 13.6 Å². The molecule has 0 saturated carbocycles. The first-order chi connectivity index (χ1) is 13.7. The van der Waals surface area contributed by atoms with Crippen LogP contribution in [0.25, 0.3) is 0 Å². The topological polar surface area (TPSA) is 27.7 Å². The lowest BCUT2D eigenvalue weighted by Crippen LogP contribution is -2.63. The fourth-order valence-corrected chi connectivity index (χ4v) is 6.47. The fourth-order valence-electron chi connectivity index (χ4n) is 3.29. The standard InChI is InChI=1S/C24H36O3Si/c1-4-5-12-19-26-28(23-13-8-6-9-14-23,24-15-10-7-11-16-24)27-21-18-22(2)17-20-25-3/h6-11,13-16,22H,4-5,12,17-21H2,1-3H3. The Morgan fingerprint density at radius 2 is 1.29 bits per heavy atom. The maximum atomic E-state index is 6.71. The quantitative estimate of drug-likeness (QED) is 0.344. The first kappa shape index (κ1) is 22.8. The highest BCUT2D eigenvalue weighted by atomic mass is 28.4. The summed E-state index contributed by atoms with van der Waals surface area (Å²) in [5.41, 5.74) is 0. The SMILES string of the molecule is CCCCCO[Si](OCCC(C)CCOC)(c1ccccc1)c1ccccc1. The van der Waals surface area contributed by atoms with Gasteiger partial charge in [-0.25, -0.2) is 0 Å². The van der Waals surface area contributed by atoms with Crippen LogP contribution in [-0.4, -0.2) is 35.5 Å². The number of methoxy groups -OCH3 is 1. The summed E-state index contributed by atoms with van der Waals surface area (Å²) in [6, 6.07) is 21.1. The van der Waals surface area contributed by atoms with Gasteiger partial charge in [0.2, 0.25) is 0 Å². The number of rotatable bonds is 14. The van der Waals surface area contributed by atoms with Crippen molar-refractivity contribution in [3.05, 3.63) is 60.7 Å². The van der Waals surface area contributed by atoms with Gasteiger partial charge in [0.05, 0.1) is 0 Å². The van der Waals surface area contributed by atoms with Crippen LogP contribution in [0.4, 0.5) is 0 Å². The van der Waals surface area contributed by atoms with Crippen LogP contribution in [0.1, 0.15) is 46.0 Å². The van der Waals surface area contributed by atoms with E-state index in [-0.39, 0.29) is 0 Å². The average Bonchev–Trinajstić information content (AvgIpc) is 2.75. The fraction of sp³-hybridized carbons (Fsp3) is 0.500. The van der Waals surface area contributed by atoms with Gasteiger partial charge >= 0.3 is 8.56 Å². The van der Waals surface area contributed by atoms with Gasteiger partial charge in [0.25, 0.3) is 0 Å². The maximum absolute atomic E-state index is 6.71. The molecule has 0 spiro atoms. The highest BCUT2D eigenvalue weighted by Crippen LogP contribution is 2.15. The molecule has 0 aromatic heterocycles. The lowest BCUT2D eigenvalue weighted by Gasteiger charge is -2.32. The number of ether oxygens (including phenoxy) is 1. The Labute approximate surface area is 172 Å². The van der Waals surface area contributed by atoms with Gasteiger partial charge in [-0.05, 0) is 35.6 Å². The molecular formula is C24H36O3Si. The summed E-state index contributed by atoms with van der Waals surface area (Å²) in [7, 11) is -0.967. The van der Waals surface area contributed by atoms with Crippen LogP contribution in [0.5, 0.6) is 0 Å². The van der Waals surface area contributed by atoms with E-state index >= 15 is 0 Å². The number of hydrogen-bond acceptors (Lipinski definition) is 3. The molecule has 2 rings (SSSR count). The zero-order valence-electron chi connectivity index (χ0n) is 17.7. The third-order valence-corrected chi connectivity index (χ3v) is 8.50. The third kappa shape index (κ3) is 6.85. The molecule has 0 aliphatic rings. The Morgan fingerprint density at radius 3 is 1.82 bits per heavy atom. The zero-order chi connectivity index (χ0) is 20.1. The van der Waals surface area contributed by atoms with E-state index in [9.17, 15) is 0 Å². The van der Waals surface area contributed by atoms with E-state index < -0.39 is 8.56 Å². The van der Waals surface area contributed by atoms with Crippen LogP contribution in [0.15, 0.2) is 60.7 Å². The molecule has 0 N–H and O–H groups in total. The average molecular weight is 401 g/mol. The van der Waals surface area contributed by atoms with Crippen LogP contribution in [0, 0.1) is 5.92 Å². The van der Waals surface area contributed by atoms with Crippen molar-refractivity contribution in [2.45, 2.75) is 46.0 Å². The molecule has 3 nitrogen and oxygen atoms in total. The number of hydrogen-bond donors (Lipinski definition) is 0. The highest BCUT2D eigenvalue weighted by molar-refractivity contribution is 6.92. The zero-order valence-corrected chi connectivity index (χ0v) is 18.7. The second-order valence-corrected chi connectivity index (χ2v) is 10.4. The van der Waals surface area contributed by atoms with Crippen molar-refractivity contribution in [3.63, 3.8) is 0 Å². The van der Waals surface area contributed by atoms with Crippen LogP contribution < -0.4 is 10.4 Å². The van der Waals surface area contributed by atoms with Crippen molar-refractivity contribution in [3.8, 4) is 0 Å². The Balaban J connectivity index is 2.23. The minimum absolute atomic E-state index is 0.568. The van der Waals surface area contributed by atoms with Crippen molar-refractivity contribution in [2.24, 2.45) is 5.92 Å². The van der Waals surface area contributed by atoms with Gasteiger partial charge < -0.3 is 13.6 Å². The minimum Gasteiger partial charge on any atom is -0.388 e. The van der Waals surface area contributed by atoms with Gasteiger partial charge in [-0.1, -0.05) is 87.4 Å². The molecule has 154 valence electrons. The van der Waals surface area contributed by atoms with Gasteiger partial charge in [0.15, 0.2) is 0 Å². The summed E-state index contributed by atoms with van der Waals surface area (Å²) in [6.45, 7) is 6.72. The molecule has 0 amide bonds. The van der Waals surface area contributed by atoms with E-state index in [0.717, 1.165) is 32.5 Å². The van der Waals surface area contributed by atoms with E-state index in [0.29, 0.717) is 12.5 Å². The first-order valence-corrected chi connectivity index (χ1v) is 12.4. The molecule has 1 unspecified atom stereocenters.